The molecule has 7 heteroatoms. The summed E-state index contributed by atoms with van der Waals surface area (Å²) in [6.45, 7) is 1.25. The van der Waals surface area contributed by atoms with Gasteiger partial charge in [-0.05, 0) is 41.8 Å². The molecule has 1 N–H and O–H groups in total. The van der Waals surface area contributed by atoms with Crippen LogP contribution in [0.2, 0.25) is 0 Å². The van der Waals surface area contributed by atoms with Crippen LogP contribution in [-0.2, 0) is 13.0 Å². The minimum Gasteiger partial charge on any atom is -0.497 e. The number of anilines is 1. The van der Waals surface area contributed by atoms with E-state index in [1.54, 1.807) is 41.7 Å². The highest BCUT2D eigenvalue weighted by molar-refractivity contribution is 7.14. The fourth-order valence-electron chi connectivity index (χ4n) is 3.17. The van der Waals surface area contributed by atoms with E-state index in [4.69, 9.17) is 4.74 Å². The lowest BCUT2D eigenvalue weighted by Crippen LogP contribution is -2.36. The molecule has 4 rings (SSSR count). The molecule has 1 aromatic heterocycles. The lowest BCUT2D eigenvalue weighted by atomic mass is 10.00. The van der Waals surface area contributed by atoms with E-state index in [1.807, 2.05) is 12.1 Å². The number of ether oxygens (including phenoxy) is 1. The number of carbonyl (C=O) groups is 2. The monoisotopic (exact) mass is 393 g/mol. The first-order chi connectivity index (χ1) is 13.6. The number of hydrogen-bond donors (Lipinski definition) is 1. The zero-order chi connectivity index (χ0) is 19.5. The second-order valence-corrected chi connectivity index (χ2v) is 7.32. The van der Waals surface area contributed by atoms with Crippen molar-refractivity contribution in [1.82, 2.24) is 9.88 Å². The van der Waals surface area contributed by atoms with Crippen molar-refractivity contribution in [3.05, 3.63) is 76.3 Å². The summed E-state index contributed by atoms with van der Waals surface area (Å²) in [6.07, 6.45) is 0.840. The molecular weight excluding hydrogens is 374 g/mol. The van der Waals surface area contributed by atoms with Gasteiger partial charge in [0.05, 0.1) is 7.11 Å². The molecular formula is C21H19N3O3S. The van der Waals surface area contributed by atoms with Gasteiger partial charge in [-0.15, -0.1) is 11.3 Å². The van der Waals surface area contributed by atoms with E-state index in [9.17, 15) is 9.59 Å². The Morgan fingerprint density at radius 1 is 1.11 bits per heavy atom. The van der Waals surface area contributed by atoms with Gasteiger partial charge in [0.1, 0.15) is 11.4 Å². The van der Waals surface area contributed by atoms with Gasteiger partial charge in [0.2, 0.25) is 0 Å². The van der Waals surface area contributed by atoms with Crippen molar-refractivity contribution >= 4 is 28.3 Å². The van der Waals surface area contributed by atoms with Gasteiger partial charge in [-0.3, -0.25) is 14.9 Å². The minimum atomic E-state index is -0.275. The molecule has 2 amide bonds. The van der Waals surface area contributed by atoms with E-state index in [0.29, 0.717) is 35.2 Å². The highest BCUT2D eigenvalue weighted by Crippen LogP contribution is 2.23. The Kier molecular flexibility index (Phi) is 5.08. The molecule has 0 radical (unpaired) electrons. The van der Waals surface area contributed by atoms with Crippen LogP contribution in [0.4, 0.5) is 5.13 Å². The summed E-state index contributed by atoms with van der Waals surface area (Å²) >= 11 is 1.24. The second-order valence-electron chi connectivity index (χ2n) is 6.47. The molecule has 1 aliphatic rings. The molecule has 0 unspecified atom stereocenters. The number of fused-ring (bicyclic) bond motifs is 1. The highest BCUT2D eigenvalue weighted by atomic mass is 32.1. The van der Waals surface area contributed by atoms with Crippen LogP contribution in [0.15, 0.2) is 53.9 Å². The minimum absolute atomic E-state index is 0.115. The average molecular weight is 393 g/mol. The molecule has 142 valence electrons. The summed E-state index contributed by atoms with van der Waals surface area (Å²) in [5.74, 6) is 0.292. The van der Waals surface area contributed by atoms with Gasteiger partial charge < -0.3 is 9.64 Å². The van der Waals surface area contributed by atoms with Gasteiger partial charge in [0, 0.05) is 24.0 Å². The van der Waals surface area contributed by atoms with Crippen LogP contribution in [0.25, 0.3) is 0 Å². The van der Waals surface area contributed by atoms with E-state index < -0.39 is 0 Å². The fourth-order valence-corrected chi connectivity index (χ4v) is 3.85. The number of rotatable bonds is 4. The maximum absolute atomic E-state index is 12.8. The number of aromatic nitrogens is 1. The topological polar surface area (TPSA) is 71.5 Å². The number of methoxy groups -OCH3 is 1. The molecule has 28 heavy (non-hydrogen) atoms. The number of benzene rings is 2. The first-order valence-electron chi connectivity index (χ1n) is 8.91. The normalized spacial score (nSPS) is 13.0. The number of hydrogen-bond acceptors (Lipinski definition) is 5. The summed E-state index contributed by atoms with van der Waals surface area (Å²) in [6, 6.07) is 15.0. The molecule has 2 heterocycles. The van der Waals surface area contributed by atoms with Crippen molar-refractivity contribution in [2.24, 2.45) is 0 Å². The standard InChI is InChI=1S/C21H19N3O3S/c1-27-17-8-6-15(7-9-17)19(25)23-21-22-18(13-28-21)20(26)24-11-10-14-4-2-3-5-16(14)12-24/h2-9,13H,10-12H2,1H3,(H,22,23,25). The molecule has 0 saturated heterocycles. The van der Waals surface area contributed by atoms with Crippen LogP contribution in [-0.4, -0.2) is 35.4 Å². The van der Waals surface area contributed by atoms with Crippen molar-refractivity contribution in [2.45, 2.75) is 13.0 Å². The van der Waals surface area contributed by atoms with Gasteiger partial charge >= 0.3 is 0 Å². The Labute approximate surface area is 166 Å². The first kappa shape index (κ1) is 18.2. The van der Waals surface area contributed by atoms with Crippen LogP contribution in [0.5, 0.6) is 5.75 Å². The number of amides is 2. The van der Waals surface area contributed by atoms with E-state index in [2.05, 4.69) is 22.4 Å². The van der Waals surface area contributed by atoms with E-state index in [1.165, 1.54) is 22.5 Å². The Morgan fingerprint density at radius 3 is 2.61 bits per heavy atom. The third-order valence-corrected chi connectivity index (χ3v) is 5.47. The summed E-state index contributed by atoms with van der Waals surface area (Å²) in [4.78, 5) is 31.3. The van der Waals surface area contributed by atoms with Crippen molar-refractivity contribution in [3.63, 3.8) is 0 Å². The van der Waals surface area contributed by atoms with Gasteiger partial charge in [0.15, 0.2) is 5.13 Å². The van der Waals surface area contributed by atoms with Crippen molar-refractivity contribution in [1.29, 1.82) is 0 Å². The Morgan fingerprint density at radius 2 is 1.86 bits per heavy atom. The maximum atomic E-state index is 12.8. The quantitative estimate of drug-likeness (QED) is 0.735. The Balaban J connectivity index is 1.42. The van der Waals surface area contributed by atoms with Crippen molar-refractivity contribution in [2.75, 3.05) is 19.0 Å². The van der Waals surface area contributed by atoms with Gasteiger partial charge in [0.25, 0.3) is 11.8 Å². The number of thiazole rings is 1. The zero-order valence-corrected chi connectivity index (χ0v) is 16.2. The molecule has 0 spiro atoms. The fraction of sp³-hybridized carbons (Fsp3) is 0.190. The summed E-state index contributed by atoms with van der Waals surface area (Å²) in [5.41, 5.74) is 3.31. The predicted octanol–water partition coefficient (Wildman–Crippen LogP) is 3.60. The molecule has 1 aliphatic heterocycles. The summed E-state index contributed by atoms with van der Waals surface area (Å²) in [5, 5.41) is 4.84. The van der Waals surface area contributed by atoms with E-state index >= 15 is 0 Å². The summed E-state index contributed by atoms with van der Waals surface area (Å²) < 4.78 is 5.09. The second kappa shape index (κ2) is 7.82. The number of carbonyl (C=O) groups excluding carboxylic acids is 2. The zero-order valence-electron chi connectivity index (χ0n) is 15.3. The Hall–Kier alpha value is -3.19. The number of nitrogens with zero attached hydrogens (tertiary/aromatic N) is 2. The maximum Gasteiger partial charge on any atom is 0.273 e. The molecule has 6 nitrogen and oxygen atoms in total. The third kappa shape index (κ3) is 3.75. The lowest BCUT2D eigenvalue weighted by molar-refractivity contribution is 0.0729. The van der Waals surface area contributed by atoms with Crippen LogP contribution >= 0.6 is 11.3 Å². The summed E-state index contributed by atoms with van der Waals surface area (Å²) in [7, 11) is 1.57. The lowest BCUT2D eigenvalue weighted by Gasteiger charge is -2.28. The molecule has 3 aromatic rings. The Bertz CT molecular complexity index is 1010. The van der Waals surface area contributed by atoms with Gasteiger partial charge in [-0.25, -0.2) is 4.98 Å². The van der Waals surface area contributed by atoms with Crippen LogP contribution < -0.4 is 10.1 Å². The molecule has 0 atom stereocenters. The highest BCUT2D eigenvalue weighted by Gasteiger charge is 2.23. The van der Waals surface area contributed by atoms with Crippen LogP contribution in [0.3, 0.4) is 0 Å². The molecule has 0 bridgehead atoms. The third-order valence-electron chi connectivity index (χ3n) is 4.71. The van der Waals surface area contributed by atoms with Gasteiger partial charge in [-0.1, -0.05) is 24.3 Å². The SMILES string of the molecule is COc1ccc(C(=O)Nc2nc(C(=O)N3CCc4ccccc4C3)cs2)cc1. The first-order valence-corrected chi connectivity index (χ1v) is 9.79. The van der Waals surface area contributed by atoms with Crippen LogP contribution in [0, 0.1) is 0 Å². The smallest absolute Gasteiger partial charge is 0.273 e. The van der Waals surface area contributed by atoms with Crippen LogP contribution in [0.1, 0.15) is 32.0 Å². The predicted molar refractivity (Wildman–Crippen MR) is 108 cm³/mol. The van der Waals surface area contributed by atoms with E-state index in [-0.39, 0.29) is 11.8 Å². The van der Waals surface area contributed by atoms with E-state index in [0.717, 1.165) is 6.42 Å². The largest absolute Gasteiger partial charge is 0.497 e. The molecule has 0 fully saturated rings. The van der Waals surface area contributed by atoms with Crippen molar-refractivity contribution in [3.8, 4) is 5.75 Å². The van der Waals surface area contributed by atoms with Crippen molar-refractivity contribution < 1.29 is 14.3 Å². The average Bonchev–Trinajstić information content (AvgIpc) is 3.21. The number of nitrogens with one attached hydrogen (secondary N) is 1. The molecule has 2 aromatic carbocycles. The molecule has 0 saturated carbocycles. The van der Waals surface area contributed by atoms with Gasteiger partial charge in [-0.2, -0.15) is 0 Å². The molecule has 0 aliphatic carbocycles.